The van der Waals surface area contributed by atoms with Crippen molar-refractivity contribution in [2.24, 2.45) is 0 Å². The summed E-state index contributed by atoms with van der Waals surface area (Å²) in [4.78, 5) is 0. The van der Waals surface area contributed by atoms with Gasteiger partial charge in [0.05, 0.1) is 0 Å². The van der Waals surface area contributed by atoms with Gasteiger partial charge in [-0.25, -0.2) is 0 Å². The Hall–Kier alpha value is 0.640. The molecular weight excluding hydrogens is 284 g/mol. The largest absolute Gasteiger partial charge is 1.00 e. The third-order valence-corrected chi connectivity index (χ3v) is 4.38. The van der Waals surface area contributed by atoms with E-state index in [9.17, 15) is 0 Å². The fourth-order valence-electron chi connectivity index (χ4n) is 2.67. The van der Waals surface area contributed by atoms with Crippen molar-refractivity contribution in [2.45, 2.75) is 110 Å². The van der Waals surface area contributed by atoms with Crippen molar-refractivity contribution in [1.29, 1.82) is 0 Å². The van der Waals surface area contributed by atoms with Gasteiger partial charge in [-0.1, -0.05) is 96.8 Å². The molecule has 0 nitrogen and oxygen atoms in total. The van der Waals surface area contributed by atoms with Crippen LogP contribution in [0.2, 0.25) is 0 Å². The third kappa shape index (κ3) is 20.9. The van der Waals surface area contributed by atoms with Gasteiger partial charge >= 0.3 is 0 Å². The lowest BCUT2D eigenvalue weighted by atomic mass is 10.0. The van der Waals surface area contributed by atoms with Crippen LogP contribution in [0.25, 0.3) is 0 Å². The molecule has 0 N–H and O–H groups in total. The van der Waals surface area contributed by atoms with Crippen LogP contribution in [0.5, 0.6) is 0 Å². The molecule has 2 heteroatoms. The molecule has 0 aromatic rings. The Kier molecular flexibility index (Phi) is 25.1. The van der Waals surface area contributed by atoms with E-state index < -0.39 is 0 Å². The van der Waals surface area contributed by atoms with Crippen LogP contribution in [0.15, 0.2) is 0 Å². The highest BCUT2D eigenvalue weighted by atomic mass is 35.5. The molecule has 0 atom stereocenters. The first-order valence-electron chi connectivity index (χ1n) is 9.06. The molecule has 0 aromatic carbocycles. The van der Waals surface area contributed by atoms with E-state index >= 15 is 0 Å². The highest BCUT2D eigenvalue weighted by Gasteiger charge is 1.94. The minimum Gasteiger partial charge on any atom is -1.00 e. The summed E-state index contributed by atoms with van der Waals surface area (Å²) in [6, 6.07) is 0. The maximum atomic E-state index is 3.53. The standard InChI is InChI=1S/C18H38S.ClH/c1-2-3-4-5-6-7-8-9-10-11-12-13-14-15-16-17-18-19;/h19H,2-18H2,1H3;1H. The SMILES string of the molecule is CCCCCCCCCCCCCCCCCC[SH2+].[Cl-]. The van der Waals surface area contributed by atoms with Crippen molar-refractivity contribution >= 4 is 12.6 Å². The van der Waals surface area contributed by atoms with Gasteiger partial charge in [0.1, 0.15) is 5.75 Å². The molecule has 0 aromatic heterocycles. The molecule has 0 saturated carbocycles. The zero-order chi connectivity index (χ0) is 14.0. The Morgan fingerprint density at radius 3 is 0.950 bits per heavy atom. The van der Waals surface area contributed by atoms with Crippen molar-refractivity contribution in [3.63, 3.8) is 0 Å². The van der Waals surface area contributed by atoms with Crippen molar-refractivity contribution in [1.82, 2.24) is 0 Å². The maximum absolute atomic E-state index is 3.53. The lowest BCUT2D eigenvalue weighted by molar-refractivity contribution is -0.00000418. The molecular formula is C18H39ClS. The second kappa shape index (κ2) is 21.9. The second-order valence-corrected chi connectivity index (χ2v) is 6.55. The monoisotopic (exact) mass is 322 g/mol. The van der Waals surface area contributed by atoms with Gasteiger partial charge in [-0.3, -0.25) is 0 Å². The first-order chi connectivity index (χ1) is 9.41. The molecule has 0 heterocycles. The van der Waals surface area contributed by atoms with Crippen LogP contribution in [0.4, 0.5) is 0 Å². The average molecular weight is 323 g/mol. The van der Waals surface area contributed by atoms with Gasteiger partial charge in [0.25, 0.3) is 0 Å². The van der Waals surface area contributed by atoms with Gasteiger partial charge in [0.15, 0.2) is 0 Å². The zero-order valence-corrected chi connectivity index (χ0v) is 15.7. The van der Waals surface area contributed by atoms with Gasteiger partial charge in [-0.05, 0) is 25.5 Å². The third-order valence-electron chi connectivity index (χ3n) is 4.03. The topological polar surface area (TPSA) is 0 Å². The van der Waals surface area contributed by atoms with E-state index in [0.29, 0.717) is 0 Å². The molecule has 0 saturated heterocycles. The van der Waals surface area contributed by atoms with Crippen LogP contribution in [-0.2, 0) is 12.6 Å². The van der Waals surface area contributed by atoms with Crippen LogP contribution < -0.4 is 12.4 Å². The maximum Gasteiger partial charge on any atom is 0.103 e. The second-order valence-electron chi connectivity index (χ2n) is 6.05. The lowest BCUT2D eigenvalue weighted by Crippen LogP contribution is -3.00. The predicted octanol–water partition coefficient (Wildman–Crippen LogP) is 3.26. The minimum absolute atomic E-state index is 0. The molecule has 0 fully saturated rings. The molecule has 0 aliphatic heterocycles. The summed E-state index contributed by atoms with van der Waals surface area (Å²) in [6.45, 7) is 2.29. The Bertz CT molecular complexity index is 134. The Balaban J connectivity index is 0. The van der Waals surface area contributed by atoms with Crippen LogP contribution >= 0.6 is 0 Å². The molecule has 0 radical (unpaired) electrons. The summed E-state index contributed by atoms with van der Waals surface area (Å²) >= 11 is 3.53. The fourth-order valence-corrected chi connectivity index (χ4v) is 2.92. The van der Waals surface area contributed by atoms with Gasteiger partial charge in [-0.2, -0.15) is 0 Å². The van der Waals surface area contributed by atoms with E-state index in [-0.39, 0.29) is 12.4 Å². The summed E-state index contributed by atoms with van der Waals surface area (Å²) in [5.74, 6) is 1.18. The van der Waals surface area contributed by atoms with Crippen molar-refractivity contribution in [3.8, 4) is 0 Å². The summed E-state index contributed by atoms with van der Waals surface area (Å²) in [5.41, 5.74) is 0. The van der Waals surface area contributed by atoms with Crippen LogP contribution in [0, 0.1) is 0 Å². The molecule has 0 bridgehead atoms. The summed E-state index contributed by atoms with van der Waals surface area (Å²) < 4.78 is 0. The summed E-state index contributed by atoms with van der Waals surface area (Å²) in [5, 5.41) is 0. The van der Waals surface area contributed by atoms with Gasteiger partial charge < -0.3 is 12.4 Å². The first-order valence-corrected chi connectivity index (χ1v) is 9.77. The van der Waals surface area contributed by atoms with Crippen LogP contribution in [-0.4, -0.2) is 5.75 Å². The van der Waals surface area contributed by atoms with Crippen LogP contribution in [0.3, 0.4) is 0 Å². The van der Waals surface area contributed by atoms with Gasteiger partial charge in [0.2, 0.25) is 0 Å². The number of hydrogen-bond donors (Lipinski definition) is 0. The minimum atomic E-state index is 0. The number of hydrogen-bond acceptors (Lipinski definition) is 0. The van der Waals surface area contributed by atoms with Gasteiger partial charge in [-0.15, -0.1) is 0 Å². The number of unbranched alkanes of at least 4 members (excludes halogenated alkanes) is 15. The molecule has 20 heavy (non-hydrogen) atoms. The molecule has 0 unspecified atom stereocenters. The highest BCUT2D eigenvalue weighted by molar-refractivity contribution is 7.58. The van der Waals surface area contributed by atoms with E-state index in [1.54, 1.807) is 0 Å². The molecule has 0 amide bonds. The average Bonchev–Trinajstić information content (AvgIpc) is 2.43. The van der Waals surface area contributed by atoms with Crippen molar-refractivity contribution in [3.05, 3.63) is 0 Å². The van der Waals surface area contributed by atoms with E-state index in [2.05, 4.69) is 19.6 Å². The Morgan fingerprint density at radius 1 is 0.450 bits per heavy atom. The molecule has 0 aliphatic carbocycles. The van der Waals surface area contributed by atoms with Crippen molar-refractivity contribution in [2.75, 3.05) is 5.75 Å². The zero-order valence-electron chi connectivity index (χ0n) is 13.9. The Morgan fingerprint density at radius 2 is 0.700 bits per heavy atom. The normalized spacial score (nSPS) is 10.5. The van der Waals surface area contributed by atoms with Gasteiger partial charge in [0, 0.05) is 0 Å². The van der Waals surface area contributed by atoms with Crippen molar-refractivity contribution < 1.29 is 12.4 Å². The molecule has 124 valence electrons. The van der Waals surface area contributed by atoms with Crippen LogP contribution in [0.1, 0.15) is 110 Å². The first kappa shape index (κ1) is 22.9. The molecule has 0 spiro atoms. The van der Waals surface area contributed by atoms with E-state index in [1.165, 1.54) is 108 Å². The predicted molar refractivity (Wildman–Crippen MR) is 94.6 cm³/mol. The summed E-state index contributed by atoms with van der Waals surface area (Å²) in [7, 11) is 0. The fraction of sp³-hybridized carbons (Fsp3) is 1.00. The number of halogens is 1. The Labute approximate surface area is 140 Å². The smallest absolute Gasteiger partial charge is 0.103 e. The summed E-state index contributed by atoms with van der Waals surface area (Å²) in [6.07, 6.45) is 23.3. The quantitative estimate of drug-likeness (QED) is 0.302. The number of rotatable bonds is 16. The molecule has 0 rings (SSSR count). The van der Waals surface area contributed by atoms with E-state index in [0.717, 1.165) is 0 Å². The lowest BCUT2D eigenvalue weighted by Gasteiger charge is -2.03. The highest BCUT2D eigenvalue weighted by Crippen LogP contribution is 2.13. The molecule has 0 aliphatic rings. The van der Waals surface area contributed by atoms with E-state index in [1.807, 2.05) is 0 Å². The van der Waals surface area contributed by atoms with E-state index in [4.69, 9.17) is 0 Å².